The number of hydrogen-bond acceptors (Lipinski definition) is 3. The van der Waals surface area contributed by atoms with Gasteiger partial charge in [-0.2, -0.15) is 0 Å². The Hall–Kier alpha value is -1.06. The first-order valence-corrected chi connectivity index (χ1v) is 6.78. The molecule has 1 aliphatic rings. The van der Waals surface area contributed by atoms with E-state index in [4.69, 9.17) is 4.74 Å². The van der Waals surface area contributed by atoms with E-state index in [2.05, 4.69) is 55.3 Å². The van der Waals surface area contributed by atoms with Gasteiger partial charge in [0, 0.05) is 18.8 Å². The molecular weight excluding hydrogens is 224 g/mol. The van der Waals surface area contributed by atoms with Crippen molar-refractivity contribution in [3.8, 4) is 0 Å². The van der Waals surface area contributed by atoms with Gasteiger partial charge in [-0.1, -0.05) is 19.1 Å². The molecule has 3 heteroatoms. The lowest BCUT2D eigenvalue weighted by molar-refractivity contribution is 0.0644. The van der Waals surface area contributed by atoms with Gasteiger partial charge in [0.25, 0.3) is 0 Å². The van der Waals surface area contributed by atoms with Gasteiger partial charge in [0.15, 0.2) is 0 Å². The Balaban J connectivity index is 2.08. The molecule has 0 unspecified atom stereocenters. The van der Waals surface area contributed by atoms with Crippen LogP contribution in [0.2, 0.25) is 0 Å². The van der Waals surface area contributed by atoms with Gasteiger partial charge in [0.05, 0.1) is 18.8 Å². The second-order valence-electron chi connectivity index (χ2n) is 5.46. The van der Waals surface area contributed by atoms with Crippen LogP contribution >= 0.6 is 0 Å². The molecule has 0 radical (unpaired) electrons. The fourth-order valence-electron chi connectivity index (χ4n) is 2.40. The lowest BCUT2D eigenvalue weighted by atomic mass is 10.0. The third-order valence-electron chi connectivity index (χ3n) is 3.47. The summed E-state index contributed by atoms with van der Waals surface area (Å²) >= 11 is 0. The zero-order chi connectivity index (χ0) is 13.0. The van der Waals surface area contributed by atoms with Crippen LogP contribution in [0.3, 0.4) is 0 Å². The summed E-state index contributed by atoms with van der Waals surface area (Å²) in [7, 11) is 0. The highest BCUT2D eigenvalue weighted by molar-refractivity contribution is 5.50. The Kier molecular flexibility index (Phi) is 4.25. The van der Waals surface area contributed by atoms with Crippen molar-refractivity contribution < 1.29 is 4.74 Å². The van der Waals surface area contributed by atoms with Gasteiger partial charge in [-0.3, -0.25) is 0 Å². The van der Waals surface area contributed by atoms with Crippen LogP contribution in [-0.2, 0) is 11.3 Å². The van der Waals surface area contributed by atoms with Crippen LogP contribution < -0.4 is 10.2 Å². The molecule has 1 aromatic carbocycles. The van der Waals surface area contributed by atoms with Gasteiger partial charge in [-0.15, -0.1) is 0 Å². The number of rotatable bonds is 4. The number of benzene rings is 1. The van der Waals surface area contributed by atoms with Crippen molar-refractivity contribution in [1.29, 1.82) is 0 Å². The predicted molar refractivity (Wildman–Crippen MR) is 76.1 cm³/mol. The topological polar surface area (TPSA) is 24.5 Å². The van der Waals surface area contributed by atoms with Crippen molar-refractivity contribution in [3.05, 3.63) is 29.8 Å². The molecule has 100 valence electrons. The average Bonchev–Trinajstić information content (AvgIpc) is 2.37. The van der Waals surface area contributed by atoms with E-state index < -0.39 is 0 Å². The van der Waals surface area contributed by atoms with Gasteiger partial charge >= 0.3 is 0 Å². The first-order valence-electron chi connectivity index (χ1n) is 6.78. The van der Waals surface area contributed by atoms with Gasteiger partial charge in [0.2, 0.25) is 0 Å². The number of hydrogen-bond donors (Lipinski definition) is 1. The fraction of sp³-hybridized carbons (Fsp3) is 0.600. The van der Waals surface area contributed by atoms with Crippen LogP contribution in [0.25, 0.3) is 0 Å². The standard InChI is InChI=1S/C15H24N2O/c1-4-16-11-13-5-7-14(8-6-13)17-9-10-18-12-15(17,2)3/h5-8,16H,4,9-12H2,1-3H3. The smallest absolute Gasteiger partial charge is 0.0694 e. The van der Waals surface area contributed by atoms with E-state index >= 15 is 0 Å². The first-order chi connectivity index (χ1) is 8.63. The number of ether oxygens (including phenoxy) is 1. The summed E-state index contributed by atoms with van der Waals surface area (Å²) in [6, 6.07) is 8.87. The van der Waals surface area contributed by atoms with Crippen LogP contribution in [0.1, 0.15) is 26.3 Å². The SMILES string of the molecule is CCNCc1ccc(N2CCOCC2(C)C)cc1. The average molecular weight is 248 g/mol. The van der Waals surface area contributed by atoms with Crippen molar-refractivity contribution in [2.75, 3.05) is 31.2 Å². The number of morpholine rings is 1. The molecule has 2 rings (SSSR count). The third-order valence-corrected chi connectivity index (χ3v) is 3.47. The largest absolute Gasteiger partial charge is 0.377 e. The van der Waals surface area contributed by atoms with Crippen LogP contribution in [-0.4, -0.2) is 31.8 Å². The highest BCUT2D eigenvalue weighted by atomic mass is 16.5. The summed E-state index contributed by atoms with van der Waals surface area (Å²) in [5.41, 5.74) is 2.72. The molecule has 1 saturated heterocycles. The van der Waals surface area contributed by atoms with Crippen molar-refractivity contribution in [2.45, 2.75) is 32.9 Å². The second-order valence-corrected chi connectivity index (χ2v) is 5.46. The van der Waals surface area contributed by atoms with E-state index in [1.807, 2.05) is 0 Å². The monoisotopic (exact) mass is 248 g/mol. The summed E-state index contributed by atoms with van der Waals surface area (Å²) < 4.78 is 5.56. The van der Waals surface area contributed by atoms with E-state index in [1.165, 1.54) is 11.3 Å². The van der Waals surface area contributed by atoms with E-state index in [1.54, 1.807) is 0 Å². The molecule has 0 saturated carbocycles. The molecule has 1 N–H and O–H groups in total. The lowest BCUT2D eigenvalue weighted by Crippen LogP contribution is -2.53. The summed E-state index contributed by atoms with van der Waals surface area (Å²) in [4.78, 5) is 2.44. The first kappa shape index (κ1) is 13.4. The Morgan fingerprint density at radius 2 is 2.00 bits per heavy atom. The molecule has 1 heterocycles. The maximum absolute atomic E-state index is 5.56. The molecule has 0 bridgehead atoms. The molecule has 1 fully saturated rings. The number of nitrogens with one attached hydrogen (secondary N) is 1. The van der Waals surface area contributed by atoms with Crippen LogP contribution in [0.15, 0.2) is 24.3 Å². The Labute approximate surface area is 110 Å². The third kappa shape index (κ3) is 3.03. The van der Waals surface area contributed by atoms with E-state index in [0.29, 0.717) is 0 Å². The number of anilines is 1. The van der Waals surface area contributed by atoms with Gasteiger partial charge in [-0.05, 0) is 38.1 Å². The quantitative estimate of drug-likeness (QED) is 0.885. The summed E-state index contributed by atoms with van der Waals surface area (Å²) in [6.07, 6.45) is 0. The molecule has 0 atom stereocenters. The summed E-state index contributed by atoms with van der Waals surface area (Å²) in [5, 5.41) is 3.35. The van der Waals surface area contributed by atoms with E-state index in [0.717, 1.165) is 32.8 Å². The van der Waals surface area contributed by atoms with Gasteiger partial charge < -0.3 is 15.0 Å². The Morgan fingerprint density at radius 1 is 1.28 bits per heavy atom. The van der Waals surface area contributed by atoms with E-state index in [9.17, 15) is 0 Å². The van der Waals surface area contributed by atoms with Gasteiger partial charge in [0.1, 0.15) is 0 Å². The summed E-state index contributed by atoms with van der Waals surface area (Å²) in [6.45, 7) is 11.2. The Morgan fingerprint density at radius 3 is 2.61 bits per heavy atom. The zero-order valence-electron chi connectivity index (χ0n) is 11.7. The number of nitrogens with zero attached hydrogens (tertiary/aromatic N) is 1. The van der Waals surface area contributed by atoms with Gasteiger partial charge in [-0.25, -0.2) is 0 Å². The van der Waals surface area contributed by atoms with E-state index in [-0.39, 0.29) is 5.54 Å². The summed E-state index contributed by atoms with van der Waals surface area (Å²) in [5.74, 6) is 0. The molecule has 1 aliphatic heterocycles. The molecule has 3 nitrogen and oxygen atoms in total. The molecule has 0 spiro atoms. The minimum absolute atomic E-state index is 0.0848. The minimum atomic E-state index is 0.0848. The minimum Gasteiger partial charge on any atom is -0.377 e. The molecule has 0 amide bonds. The maximum Gasteiger partial charge on any atom is 0.0694 e. The van der Waals surface area contributed by atoms with Crippen molar-refractivity contribution in [3.63, 3.8) is 0 Å². The zero-order valence-corrected chi connectivity index (χ0v) is 11.7. The van der Waals surface area contributed by atoms with Crippen LogP contribution in [0, 0.1) is 0 Å². The normalized spacial score (nSPS) is 18.9. The fourth-order valence-corrected chi connectivity index (χ4v) is 2.40. The molecule has 1 aromatic rings. The van der Waals surface area contributed by atoms with Crippen LogP contribution in [0.5, 0.6) is 0 Å². The van der Waals surface area contributed by atoms with Crippen molar-refractivity contribution >= 4 is 5.69 Å². The maximum atomic E-state index is 5.56. The molecule has 18 heavy (non-hydrogen) atoms. The molecule has 0 aromatic heterocycles. The highest BCUT2D eigenvalue weighted by Crippen LogP contribution is 2.26. The molecule has 0 aliphatic carbocycles. The predicted octanol–water partition coefficient (Wildman–Crippen LogP) is 2.41. The Bertz CT molecular complexity index is 373. The lowest BCUT2D eigenvalue weighted by Gasteiger charge is -2.43. The van der Waals surface area contributed by atoms with Crippen molar-refractivity contribution in [2.24, 2.45) is 0 Å². The highest BCUT2D eigenvalue weighted by Gasteiger charge is 2.30. The molecular formula is C15H24N2O. The van der Waals surface area contributed by atoms with Crippen LogP contribution in [0.4, 0.5) is 5.69 Å². The van der Waals surface area contributed by atoms with Crippen molar-refractivity contribution in [1.82, 2.24) is 5.32 Å². The second kappa shape index (κ2) is 5.72.